The molecular weight excluding hydrogens is 298 g/mol. The molecule has 1 aliphatic rings. The Morgan fingerprint density at radius 1 is 1.33 bits per heavy atom. The SMILES string of the molecule is O=C(c1c(O)cccc1O)N1CCCCC1CBr. The molecule has 1 amide bonds. The number of hydrogen-bond acceptors (Lipinski definition) is 3. The lowest BCUT2D eigenvalue weighted by Gasteiger charge is -2.35. The summed E-state index contributed by atoms with van der Waals surface area (Å²) in [6, 6.07) is 4.48. The molecule has 0 spiro atoms. The summed E-state index contributed by atoms with van der Waals surface area (Å²) < 4.78 is 0. The third-order valence-corrected chi connectivity index (χ3v) is 4.05. The van der Waals surface area contributed by atoms with E-state index in [1.807, 2.05) is 0 Å². The fourth-order valence-corrected chi connectivity index (χ4v) is 2.99. The Hall–Kier alpha value is -1.23. The lowest BCUT2D eigenvalue weighted by molar-refractivity contribution is 0.0635. The van der Waals surface area contributed by atoms with E-state index < -0.39 is 0 Å². The summed E-state index contributed by atoms with van der Waals surface area (Å²) in [6.45, 7) is 0.670. The summed E-state index contributed by atoms with van der Waals surface area (Å²) in [5.41, 5.74) is 0.00495. The molecule has 4 nitrogen and oxygen atoms in total. The van der Waals surface area contributed by atoms with Crippen molar-refractivity contribution in [3.05, 3.63) is 23.8 Å². The van der Waals surface area contributed by atoms with Crippen molar-refractivity contribution >= 4 is 21.8 Å². The van der Waals surface area contributed by atoms with Crippen LogP contribution in [0.2, 0.25) is 0 Å². The smallest absolute Gasteiger partial charge is 0.261 e. The fourth-order valence-electron chi connectivity index (χ4n) is 2.32. The van der Waals surface area contributed by atoms with Crippen LogP contribution in [0.25, 0.3) is 0 Å². The van der Waals surface area contributed by atoms with Crippen LogP contribution in [0.15, 0.2) is 18.2 Å². The first kappa shape index (κ1) is 13.2. The summed E-state index contributed by atoms with van der Waals surface area (Å²) in [7, 11) is 0. The lowest BCUT2D eigenvalue weighted by Crippen LogP contribution is -2.44. The summed E-state index contributed by atoms with van der Waals surface area (Å²) in [5, 5.41) is 20.2. The number of carbonyl (C=O) groups is 1. The number of carbonyl (C=O) groups excluding carboxylic acids is 1. The molecule has 0 aromatic heterocycles. The van der Waals surface area contributed by atoms with E-state index in [4.69, 9.17) is 0 Å². The van der Waals surface area contributed by atoms with Gasteiger partial charge in [0.05, 0.1) is 0 Å². The molecule has 0 radical (unpaired) electrons. The Morgan fingerprint density at radius 2 is 2.00 bits per heavy atom. The minimum Gasteiger partial charge on any atom is -0.507 e. The molecule has 0 aliphatic carbocycles. The van der Waals surface area contributed by atoms with Crippen LogP contribution in [-0.4, -0.2) is 38.9 Å². The van der Waals surface area contributed by atoms with E-state index in [1.165, 1.54) is 18.2 Å². The Balaban J connectivity index is 2.30. The maximum absolute atomic E-state index is 12.4. The normalized spacial score (nSPS) is 19.8. The van der Waals surface area contributed by atoms with Crippen LogP contribution in [0.1, 0.15) is 29.6 Å². The molecule has 1 fully saturated rings. The largest absolute Gasteiger partial charge is 0.507 e. The highest BCUT2D eigenvalue weighted by molar-refractivity contribution is 9.09. The quantitative estimate of drug-likeness (QED) is 0.825. The molecule has 5 heteroatoms. The Bertz CT molecular complexity index is 430. The minimum atomic E-state index is -0.297. The topological polar surface area (TPSA) is 60.8 Å². The molecule has 1 aliphatic heterocycles. The van der Waals surface area contributed by atoms with Gasteiger partial charge in [-0.25, -0.2) is 0 Å². The number of phenols is 2. The number of rotatable bonds is 2. The number of likely N-dealkylation sites (tertiary alicyclic amines) is 1. The van der Waals surface area contributed by atoms with Crippen LogP contribution >= 0.6 is 15.9 Å². The van der Waals surface area contributed by atoms with Crippen LogP contribution in [0.3, 0.4) is 0 Å². The van der Waals surface area contributed by atoms with E-state index in [2.05, 4.69) is 15.9 Å². The zero-order chi connectivity index (χ0) is 13.1. The third kappa shape index (κ3) is 2.46. The van der Waals surface area contributed by atoms with Gasteiger partial charge in [0, 0.05) is 17.9 Å². The molecule has 18 heavy (non-hydrogen) atoms. The number of nitrogens with zero attached hydrogens (tertiary/aromatic N) is 1. The fraction of sp³-hybridized carbons (Fsp3) is 0.462. The number of amides is 1. The highest BCUT2D eigenvalue weighted by Gasteiger charge is 2.29. The highest BCUT2D eigenvalue weighted by Crippen LogP contribution is 2.30. The van der Waals surface area contributed by atoms with Crippen LogP contribution < -0.4 is 0 Å². The van der Waals surface area contributed by atoms with Gasteiger partial charge in [0.1, 0.15) is 17.1 Å². The maximum Gasteiger partial charge on any atom is 0.261 e. The molecule has 1 aromatic rings. The van der Waals surface area contributed by atoms with Crippen molar-refractivity contribution in [2.24, 2.45) is 0 Å². The van der Waals surface area contributed by atoms with Crippen molar-refractivity contribution in [2.75, 3.05) is 11.9 Å². The molecule has 2 N–H and O–H groups in total. The zero-order valence-corrected chi connectivity index (χ0v) is 11.6. The standard InChI is InChI=1S/C13H16BrNO3/c14-8-9-4-1-2-7-15(9)13(18)12-10(16)5-3-6-11(12)17/h3,5-6,9,16-17H,1-2,4,7-8H2. The van der Waals surface area contributed by atoms with E-state index in [1.54, 1.807) is 4.90 Å². The van der Waals surface area contributed by atoms with Gasteiger partial charge in [0.25, 0.3) is 5.91 Å². The number of phenolic OH excluding ortho intramolecular Hbond substituents is 2. The second kappa shape index (κ2) is 5.61. The van der Waals surface area contributed by atoms with E-state index in [0.29, 0.717) is 11.9 Å². The molecule has 98 valence electrons. The van der Waals surface area contributed by atoms with Gasteiger partial charge in [0.2, 0.25) is 0 Å². The van der Waals surface area contributed by atoms with Gasteiger partial charge >= 0.3 is 0 Å². The van der Waals surface area contributed by atoms with E-state index in [-0.39, 0.29) is 29.0 Å². The number of halogens is 1. The summed E-state index contributed by atoms with van der Waals surface area (Å²) >= 11 is 3.41. The number of hydrogen-bond donors (Lipinski definition) is 2. The van der Waals surface area contributed by atoms with Crippen molar-refractivity contribution in [2.45, 2.75) is 25.3 Å². The van der Waals surface area contributed by atoms with Gasteiger partial charge in [-0.15, -0.1) is 0 Å². The summed E-state index contributed by atoms with van der Waals surface area (Å²) in [5.74, 6) is -0.632. The molecular formula is C13H16BrNO3. The van der Waals surface area contributed by atoms with Gasteiger partial charge in [-0.05, 0) is 31.4 Å². The van der Waals surface area contributed by atoms with Crippen LogP contribution in [0, 0.1) is 0 Å². The van der Waals surface area contributed by atoms with Gasteiger partial charge in [-0.1, -0.05) is 22.0 Å². The number of benzene rings is 1. The first-order valence-corrected chi connectivity index (χ1v) is 7.15. The minimum absolute atomic E-state index is 0.00495. The Morgan fingerprint density at radius 3 is 2.61 bits per heavy atom. The summed E-state index contributed by atoms with van der Waals surface area (Å²) in [4.78, 5) is 14.1. The van der Waals surface area contributed by atoms with Crippen LogP contribution in [0.5, 0.6) is 11.5 Å². The third-order valence-electron chi connectivity index (χ3n) is 3.30. The Labute approximate surface area is 114 Å². The first-order valence-electron chi connectivity index (χ1n) is 6.03. The van der Waals surface area contributed by atoms with Crippen molar-refractivity contribution in [1.82, 2.24) is 4.90 Å². The predicted molar refractivity (Wildman–Crippen MR) is 72.2 cm³/mol. The molecule has 1 heterocycles. The second-order valence-corrected chi connectivity index (χ2v) is 5.12. The first-order chi connectivity index (χ1) is 8.65. The van der Waals surface area contributed by atoms with Crippen LogP contribution in [0.4, 0.5) is 0 Å². The van der Waals surface area contributed by atoms with E-state index >= 15 is 0 Å². The average molecular weight is 314 g/mol. The summed E-state index contributed by atoms with van der Waals surface area (Å²) in [6.07, 6.45) is 3.02. The van der Waals surface area contributed by atoms with Gasteiger partial charge in [-0.2, -0.15) is 0 Å². The molecule has 1 aromatic carbocycles. The monoisotopic (exact) mass is 313 g/mol. The number of aromatic hydroxyl groups is 2. The molecule has 0 bridgehead atoms. The van der Waals surface area contributed by atoms with E-state index in [0.717, 1.165) is 19.3 Å². The van der Waals surface area contributed by atoms with Crippen molar-refractivity contribution < 1.29 is 15.0 Å². The Kier molecular flexibility index (Phi) is 4.11. The van der Waals surface area contributed by atoms with E-state index in [9.17, 15) is 15.0 Å². The zero-order valence-electron chi connectivity index (χ0n) is 9.97. The molecule has 2 rings (SSSR count). The van der Waals surface area contributed by atoms with Crippen molar-refractivity contribution in [3.8, 4) is 11.5 Å². The number of alkyl halides is 1. The van der Waals surface area contributed by atoms with Gasteiger partial charge in [-0.3, -0.25) is 4.79 Å². The van der Waals surface area contributed by atoms with Crippen molar-refractivity contribution in [3.63, 3.8) is 0 Å². The van der Waals surface area contributed by atoms with Crippen molar-refractivity contribution in [1.29, 1.82) is 0 Å². The second-order valence-electron chi connectivity index (χ2n) is 4.47. The molecule has 1 atom stereocenters. The number of piperidine rings is 1. The molecule has 1 unspecified atom stereocenters. The average Bonchev–Trinajstić information content (AvgIpc) is 2.38. The van der Waals surface area contributed by atoms with Gasteiger partial charge < -0.3 is 15.1 Å². The van der Waals surface area contributed by atoms with Gasteiger partial charge in [0.15, 0.2) is 0 Å². The lowest BCUT2D eigenvalue weighted by atomic mass is 10.0. The highest BCUT2D eigenvalue weighted by atomic mass is 79.9. The predicted octanol–water partition coefficient (Wildman–Crippen LogP) is 2.49. The maximum atomic E-state index is 12.4. The molecule has 0 saturated carbocycles. The molecule has 1 saturated heterocycles. The van der Waals surface area contributed by atoms with Crippen LogP contribution in [-0.2, 0) is 0 Å².